The van der Waals surface area contributed by atoms with Crippen LogP contribution in [0.15, 0.2) is 112 Å². The lowest BCUT2D eigenvalue weighted by atomic mass is 10.0. The Labute approximate surface area is 284 Å². The topological polar surface area (TPSA) is 96.0 Å². The minimum Gasteiger partial charge on any atom is -0.494 e. The molecule has 8 nitrogen and oxygen atoms in total. The number of nitrogens with one attached hydrogen (secondary N) is 1. The Balaban J connectivity index is 1.80. The van der Waals surface area contributed by atoms with Crippen LogP contribution >= 0.6 is 27.5 Å². The molecule has 0 aromatic heterocycles. The van der Waals surface area contributed by atoms with Gasteiger partial charge in [-0.1, -0.05) is 70.0 Å². The molecule has 0 aliphatic rings. The van der Waals surface area contributed by atoms with Gasteiger partial charge in [0.05, 0.1) is 17.2 Å². The van der Waals surface area contributed by atoms with Gasteiger partial charge < -0.3 is 15.0 Å². The maximum atomic E-state index is 14.5. The van der Waals surface area contributed by atoms with Crippen LogP contribution in [0.1, 0.15) is 31.9 Å². The van der Waals surface area contributed by atoms with E-state index < -0.39 is 28.5 Å². The number of halogens is 2. The van der Waals surface area contributed by atoms with Gasteiger partial charge in [-0.15, -0.1) is 0 Å². The summed E-state index contributed by atoms with van der Waals surface area (Å²) in [7, 11) is -4.22. The van der Waals surface area contributed by atoms with Gasteiger partial charge in [-0.05, 0) is 92.6 Å². The Morgan fingerprint density at radius 1 is 0.870 bits per heavy atom. The number of hydrogen-bond acceptors (Lipinski definition) is 5. The zero-order chi connectivity index (χ0) is 33.3. The Kier molecular flexibility index (Phi) is 12.3. The monoisotopic (exact) mass is 725 g/mol. The van der Waals surface area contributed by atoms with Gasteiger partial charge in [0, 0.05) is 28.5 Å². The van der Waals surface area contributed by atoms with Crippen molar-refractivity contribution < 1.29 is 22.7 Å². The third-order valence-electron chi connectivity index (χ3n) is 7.08. The van der Waals surface area contributed by atoms with Crippen molar-refractivity contribution >= 4 is 55.1 Å². The summed E-state index contributed by atoms with van der Waals surface area (Å²) in [6, 6.07) is 28.0. The highest BCUT2D eigenvalue weighted by molar-refractivity contribution is 9.10. The third kappa shape index (κ3) is 9.34. The van der Waals surface area contributed by atoms with Crippen LogP contribution in [0.4, 0.5) is 5.69 Å². The fourth-order valence-corrected chi connectivity index (χ4v) is 6.66. The fourth-order valence-electron chi connectivity index (χ4n) is 4.86. The van der Waals surface area contributed by atoms with Crippen LogP contribution in [0.3, 0.4) is 0 Å². The second-order valence-electron chi connectivity index (χ2n) is 10.9. The quantitative estimate of drug-likeness (QED) is 0.153. The summed E-state index contributed by atoms with van der Waals surface area (Å²) in [5.74, 6) is -0.329. The molecule has 0 bridgehead atoms. The lowest BCUT2D eigenvalue weighted by Crippen LogP contribution is -2.54. The summed E-state index contributed by atoms with van der Waals surface area (Å²) < 4.78 is 35.7. The summed E-state index contributed by atoms with van der Waals surface area (Å²) in [6.45, 7) is 5.49. The van der Waals surface area contributed by atoms with Crippen molar-refractivity contribution in [2.24, 2.45) is 0 Å². The molecule has 4 rings (SSSR count). The van der Waals surface area contributed by atoms with Crippen molar-refractivity contribution in [2.45, 2.75) is 50.7 Å². The first-order valence-electron chi connectivity index (χ1n) is 14.9. The van der Waals surface area contributed by atoms with E-state index in [4.69, 9.17) is 16.3 Å². The summed E-state index contributed by atoms with van der Waals surface area (Å²) in [4.78, 5) is 29.7. The van der Waals surface area contributed by atoms with E-state index in [9.17, 15) is 18.0 Å². The van der Waals surface area contributed by atoms with Gasteiger partial charge in [0.1, 0.15) is 18.3 Å². The zero-order valence-electron chi connectivity index (χ0n) is 25.9. The first kappa shape index (κ1) is 35.0. The summed E-state index contributed by atoms with van der Waals surface area (Å²) >= 11 is 9.50. The molecular formula is C35H37BrClN3O5S. The van der Waals surface area contributed by atoms with E-state index in [2.05, 4.69) is 21.2 Å². The summed E-state index contributed by atoms with van der Waals surface area (Å²) in [5.41, 5.74) is 1.86. The lowest BCUT2D eigenvalue weighted by molar-refractivity contribution is -0.140. The highest BCUT2D eigenvalue weighted by Crippen LogP contribution is 2.28. The summed E-state index contributed by atoms with van der Waals surface area (Å²) in [6.07, 6.45) is 0.223. The molecule has 11 heteroatoms. The molecule has 242 valence electrons. The van der Waals surface area contributed by atoms with Crippen LogP contribution < -0.4 is 14.4 Å². The van der Waals surface area contributed by atoms with E-state index in [1.54, 1.807) is 60.7 Å². The molecule has 1 N–H and O–H groups in total. The predicted molar refractivity (Wildman–Crippen MR) is 185 cm³/mol. The largest absolute Gasteiger partial charge is 0.494 e. The normalized spacial score (nSPS) is 12.0. The van der Waals surface area contributed by atoms with Crippen LogP contribution in [0.5, 0.6) is 5.75 Å². The summed E-state index contributed by atoms with van der Waals surface area (Å²) in [5, 5.41) is 3.48. The molecule has 2 amide bonds. The van der Waals surface area contributed by atoms with E-state index in [-0.39, 0.29) is 35.5 Å². The lowest BCUT2D eigenvalue weighted by Gasteiger charge is -2.34. The van der Waals surface area contributed by atoms with Crippen molar-refractivity contribution in [2.75, 3.05) is 17.5 Å². The van der Waals surface area contributed by atoms with Crippen LogP contribution in [0.2, 0.25) is 5.02 Å². The zero-order valence-corrected chi connectivity index (χ0v) is 29.1. The average molecular weight is 727 g/mol. The molecule has 4 aromatic carbocycles. The fraction of sp³-hybridized carbons (Fsp3) is 0.257. The van der Waals surface area contributed by atoms with E-state index in [0.717, 1.165) is 15.4 Å². The van der Waals surface area contributed by atoms with Crippen LogP contribution in [0.25, 0.3) is 0 Å². The van der Waals surface area contributed by atoms with Crippen LogP contribution in [0, 0.1) is 0 Å². The predicted octanol–water partition coefficient (Wildman–Crippen LogP) is 6.86. The first-order valence-corrected chi connectivity index (χ1v) is 17.5. The number of hydrogen-bond donors (Lipinski definition) is 1. The van der Waals surface area contributed by atoms with Crippen molar-refractivity contribution in [3.8, 4) is 5.75 Å². The van der Waals surface area contributed by atoms with Gasteiger partial charge in [0.2, 0.25) is 11.8 Å². The number of anilines is 1. The molecule has 0 aliphatic carbocycles. The van der Waals surface area contributed by atoms with Crippen LogP contribution in [-0.4, -0.2) is 50.4 Å². The number of rotatable bonds is 14. The maximum Gasteiger partial charge on any atom is 0.264 e. The Bertz CT molecular complexity index is 1700. The smallest absolute Gasteiger partial charge is 0.264 e. The van der Waals surface area contributed by atoms with Gasteiger partial charge in [-0.25, -0.2) is 8.42 Å². The molecule has 1 atom stereocenters. The number of amides is 2. The molecule has 0 saturated carbocycles. The Hall–Kier alpha value is -3.86. The second kappa shape index (κ2) is 16.1. The molecule has 0 radical (unpaired) electrons. The number of ether oxygens (including phenoxy) is 1. The molecule has 4 aromatic rings. The third-order valence-corrected chi connectivity index (χ3v) is 9.65. The van der Waals surface area contributed by atoms with Gasteiger partial charge in [-0.2, -0.15) is 0 Å². The Morgan fingerprint density at radius 2 is 1.50 bits per heavy atom. The van der Waals surface area contributed by atoms with Crippen LogP contribution in [-0.2, 0) is 32.6 Å². The standard InChI is InChI=1S/C35H37BrClN3O5S/c1-4-45-31-18-16-30(17-19-31)40(46(43,44)32-20-12-28(36)13-21-32)24-34(41)39(23-27-10-14-29(37)15-11-27)33(35(42)38-25(2)3)22-26-8-6-5-7-9-26/h5-21,25,33H,4,22-24H2,1-3H3,(H,38,42)/t33-/m1/s1. The van der Waals surface area contributed by atoms with Crippen molar-refractivity contribution in [1.29, 1.82) is 0 Å². The van der Waals surface area contributed by atoms with E-state index in [0.29, 0.717) is 21.9 Å². The molecule has 0 unspecified atom stereocenters. The van der Waals surface area contributed by atoms with Crippen molar-refractivity contribution in [1.82, 2.24) is 10.2 Å². The van der Waals surface area contributed by atoms with Gasteiger partial charge >= 0.3 is 0 Å². The molecule has 0 aliphatic heterocycles. The van der Waals surface area contributed by atoms with Crippen molar-refractivity contribution in [3.63, 3.8) is 0 Å². The molecule has 0 fully saturated rings. The van der Waals surface area contributed by atoms with E-state index in [1.165, 1.54) is 17.0 Å². The molecule has 0 saturated heterocycles. The molecular weight excluding hydrogens is 690 g/mol. The van der Waals surface area contributed by atoms with Gasteiger partial charge in [-0.3, -0.25) is 13.9 Å². The van der Waals surface area contributed by atoms with E-state index >= 15 is 0 Å². The number of carbonyl (C=O) groups excluding carboxylic acids is 2. The van der Waals surface area contributed by atoms with Crippen molar-refractivity contribution in [3.05, 3.63) is 124 Å². The maximum absolute atomic E-state index is 14.5. The highest BCUT2D eigenvalue weighted by Gasteiger charge is 2.35. The van der Waals surface area contributed by atoms with E-state index in [1.807, 2.05) is 51.1 Å². The highest BCUT2D eigenvalue weighted by atomic mass is 79.9. The Morgan fingerprint density at radius 3 is 2.09 bits per heavy atom. The number of nitrogens with zero attached hydrogens (tertiary/aromatic N) is 2. The molecule has 46 heavy (non-hydrogen) atoms. The number of sulfonamides is 1. The molecule has 0 spiro atoms. The minimum atomic E-state index is -4.22. The SMILES string of the molecule is CCOc1ccc(N(CC(=O)N(Cc2ccc(Cl)cc2)[C@H](Cc2ccccc2)C(=O)NC(C)C)S(=O)(=O)c2ccc(Br)cc2)cc1. The minimum absolute atomic E-state index is 0.0139. The first-order chi connectivity index (χ1) is 22.0. The number of carbonyl (C=O) groups is 2. The second-order valence-corrected chi connectivity index (χ2v) is 14.1. The van der Waals surface area contributed by atoms with Gasteiger partial charge in [0.25, 0.3) is 10.0 Å². The number of benzene rings is 4. The molecule has 0 heterocycles. The average Bonchev–Trinajstić information content (AvgIpc) is 3.03. The van der Waals surface area contributed by atoms with Gasteiger partial charge in [0.15, 0.2) is 0 Å².